The van der Waals surface area contributed by atoms with Gasteiger partial charge in [-0.3, -0.25) is 4.79 Å². The summed E-state index contributed by atoms with van der Waals surface area (Å²) in [6.45, 7) is 0. The zero-order valence-electron chi connectivity index (χ0n) is 17.1. The average Bonchev–Trinajstić information content (AvgIpc) is 3.11. The third-order valence-electron chi connectivity index (χ3n) is 5.88. The summed E-state index contributed by atoms with van der Waals surface area (Å²) in [5.74, 6) is 0.895. The van der Waals surface area contributed by atoms with Gasteiger partial charge in [0.15, 0.2) is 0 Å². The van der Waals surface area contributed by atoms with Crippen LogP contribution in [-0.2, 0) is 12.8 Å². The van der Waals surface area contributed by atoms with Crippen molar-refractivity contribution in [1.82, 2.24) is 5.32 Å². The lowest BCUT2D eigenvalue weighted by Crippen LogP contribution is -2.36. The molecule has 160 valence electrons. The lowest BCUT2D eigenvalue weighted by Gasteiger charge is -2.23. The summed E-state index contributed by atoms with van der Waals surface area (Å²) >= 11 is 6.29. The van der Waals surface area contributed by atoms with E-state index in [1.54, 1.807) is 18.4 Å². The number of methoxy groups -OCH3 is 1. The Balaban J connectivity index is 1.67. The second kappa shape index (κ2) is 10.3. The first-order valence-electron chi connectivity index (χ1n) is 10.6. The van der Waals surface area contributed by atoms with Crippen LogP contribution >= 0.6 is 56.5 Å². The number of hydrogen-bond donors (Lipinski definition) is 1. The molecule has 1 N–H and O–H groups in total. The lowest BCUT2D eigenvalue weighted by atomic mass is 9.93. The van der Waals surface area contributed by atoms with Crippen LogP contribution in [0.3, 0.4) is 0 Å². The third kappa shape index (κ3) is 5.03. The van der Waals surface area contributed by atoms with Crippen molar-refractivity contribution in [3.05, 3.63) is 40.8 Å². The smallest absolute Gasteiger partial charge is 0.254 e. The van der Waals surface area contributed by atoms with Gasteiger partial charge in [-0.1, -0.05) is 19.3 Å². The molecule has 1 saturated carbocycles. The van der Waals surface area contributed by atoms with Crippen LogP contribution in [-0.4, -0.2) is 25.3 Å². The number of nitrogens with zero attached hydrogens (tertiary/aromatic N) is 1. The SMILES string of the molecule is COc1c(I)cc(I)cc1/C=N/c1sc2c(c1C(=O)NC1CCCCC1)CCCC2. The van der Waals surface area contributed by atoms with Crippen LogP contribution in [0.2, 0.25) is 0 Å². The van der Waals surface area contributed by atoms with Gasteiger partial charge < -0.3 is 10.1 Å². The highest BCUT2D eigenvalue weighted by Crippen LogP contribution is 2.40. The average molecular weight is 648 g/mol. The highest BCUT2D eigenvalue weighted by atomic mass is 127. The molecule has 0 bridgehead atoms. The number of halogens is 2. The molecular formula is C23H26I2N2O2S. The number of carbonyl (C=O) groups excluding carboxylic acids is 1. The first-order valence-corrected chi connectivity index (χ1v) is 13.6. The van der Waals surface area contributed by atoms with Gasteiger partial charge in [-0.05, 0) is 101 Å². The van der Waals surface area contributed by atoms with Gasteiger partial charge >= 0.3 is 0 Å². The number of carbonyl (C=O) groups is 1. The van der Waals surface area contributed by atoms with Gasteiger partial charge in [0.2, 0.25) is 0 Å². The standard InChI is InChI=1S/C23H26I2N2O2S/c1-29-21-14(11-15(24)12-18(21)25)13-26-23-20(17-9-5-6-10-19(17)30-23)22(28)27-16-7-3-2-4-8-16/h11-13,16H,2-10H2,1H3,(H,27,28)/b26-13+. The molecule has 7 heteroatoms. The minimum Gasteiger partial charge on any atom is -0.495 e. The fourth-order valence-electron chi connectivity index (χ4n) is 4.40. The molecule has 0 unspecified atom stereocenters. The Morgan fingerprint density at radius 2 is 1.93 bits per heavy atom. The van der Waals surface area contributed by atoms with Gasteiger partial charge in [0, 0.05) is 26.3 Å². The van der Waals surface area contributed by atoms with E-state index in [4.69, 9.17) is 9.73 Å². The number of aryl methyl sites for hydroxylation is 1. The summed E-state index contributed by atoms with van der Waals surface area (Å²) in [5.41, 5.74) is 2.99. The highest BCUT2D eigenvalue weighted by molar-refractivity contribution is 14.1. The predicted octanol–water partition coefficient (Wildman–Crippen LogP) is 6.66. The molecule has 1 aromatic heterocycles. The van der Waals surface area contributed by atoms with E-state index in [0.29, 0.717) is 6.04 Å². The molecule has 1 aromatic carbocycles. The van der Waals surface area contributed by atoms with Crippen molar-refractivity contribution in [3.8, 4) is 5.75 Å². The molecule has 4 nitrogen and oxygen atoms in total. The van der Waals surface area contributed by atoms with Crippen LogP contribution in [0.25, 0.3) is 0 Å². The molecule has 0 spiro atoms. The van der Waals surface area contributed by atoms with E-state index >= 15 is 0 Å². The largest absolute Gasteiger partial charge is 0.495 e. The molecular weight excluding hydrogens is 622 g/mol. The molecule has 2 aliphatic rings. The van der Waals surface area contributed by atoms with E-state index in [2.05, 4.69) is 62.6 Å². The van der Waals surface area contributed by atoms with E-state index in [1.807, 2.05) is 6.21 Å². The van der Waals surface area contributed by atoms with Crippen molar-refractivity contribution in [1.29, 1.82) is 0 Å². The maximum absolute atomic E-state index is 13.3. The summed E-state index contributed by atoms with van der Waals surface area (Å²) in [5, 5.41) is 4.16. The second-order valence-corrected chi connectivity index (χ2v) is 11.5. The Bertz CT molecular complexity index is 965. The molecule has 1 heterocycles. The lowest BCUT2D eigenvalue weighted by molar-refractivity contribution is 0.0927. The number of fused-ring (bicyclic) bond motifs is 1. The van der Waals surface area contributed by atoms with Crippen LogP contribution in [0.4, 0.5) is 5.00 Å². The molecule has 1 amide bonds. The number of aliphatic imine (C=N–C) groups is 1. The summed E-state index contributed by atoms with van der Waals surface area (Å²) in [7, 11) is 1.69. The van der Waals surface area contributed by atoms with Crippen molar-refractivity contribution < 1.29 is 9.53 Å². The zero-order chi connectivity index (χ0) is 21.1. The van der Waals surface area contributed by atoms with E-state index < -0.39 is 0 Å². The van der Waals surface area contributed by atoms with Gasteiger partial charge in [0.05, 0.1) is 16.2 Å². The van der Waals surface area contributed by atoms with Crippen LogP contribution in [0.15, 0.2) is 17.1 Å². The first kappa shape index (κ1) is 22.5. The van der Waals surface area contributed by atoms with Crippen molar-refractivity contribution >= 4 is 73.6 Å². The first-order chi connectivity index (χ1) is 14.6. The Morgan fingerprint density at radius 3 is 2.70 bits per heavy atom. The second-order valence-electron chi connectivity index (χ2n) is 7.97. The molecule has 30 heavy (non-hydrogen) atoms. The Hall–Kier alpha value is -0.680. The fourth-order valence-corrected chi connectivity index (χ4v) is 7.74. The number of nitrogens with one attached hydrogen (secondary N) is 1. The normalized spacial score (nSPS) is 17.2. The highest BCUT2D eigenvalue weighted by Gasteiger charge is 2.27. The monoisotopic (exact) mass is 648 g/mol. The van der Waals surface area contributed by atoms with Crippen LogP contribution < -0.4 is 10.1 Å². The van der Waals surface area contributed by atoms with Crippen LogP contribution in [0, 0.1) is 7.14 Å². The van der Waals surface area contributed by atoms with Gasteiger partial charge in [0.1, 0.15) is 10.8 Å². The van der Waals surface area contributed by atoms with Gasteiger partial charge in [-0.15, -0.1) is 11.3 Å². The summed E-state index contributed by atoms with van der Waals surface area (Å²) in [6.07, 6.45) is 12.1. The minimum atomic E-state index is 0.0673. The Morgan fingerprint density at radius 1 is 1.17 bits per heavy atom. The van der Waals surface area contributed by atoms with Gasteiger partial charge in [-0.25, -0.2) is 4.99 Å². The maximum atomic E-state index is 13.3. The van der Waals surface area contributed by atoms with E-state index in [0.717, 1.165) is 61.1 Å². The maximum Gasteiger partial charge on any atom is 0.254 e. The third-order valence-corrected chi connectivity index (χ3v) is 8.51. The van der Waals surface area contributed by atoms with E-state index in [-0.39, 0.29) is 5.91 Å². The van der Waals surface area contributed by atoms with Crippen molar-refractivity contribution in [2.24, 2.45) is 4.99 Å². The Kier molecular flexibility index (Phi) is 7.72. The predicted molar refractivity (Wildman–Crippen MR) is 141 cm³/mol. The molecule has 0 aliphatic heterocycles. The zero-order valence-corrected chi connectivity index (χ0v) is 22.2. The number of rotatable bonds is 5. The molecule has 4 rings (SSSR count). The number of ether oxygens (including phenoxy) is 1. The van der Waals surface area contributed by atoms with Crippen LogP contribution in [0.1, 0.15) is 71.3 Å². The fraction of sp³-hybridized carbons (Fsp3) is 0.478. The Labute approximate surface area is 209 Å². The molecule has 0 atom stereocenters. The van der Waals surface area contributed by atoms with Crippen LogP contribution in [0.5, 0.6) is 5.75 Å². The molecule has 2 aromatic rings. The summed E-state index contributed by atoms with van der Waals surface area (Å²) < 4.78 is 7.80. The van der Waals surface area contributed by atoms with E-state index in [9.17, 15) is 4.79 Å². The summed E-state index contributed by atoms with van der Waals surface area (Å²) in [6, 6.07) is 4.46. The number of benzene rings is 1. The van der Waals surface area contributed by atoms with Crippen molar-refractivity contribution in [3.63, 3.8) is 0 Å². The molecule has 2 aliphatic carbocycles. The van der Waals surface area contributed by atoms with Gasteiger partial charge in [0.25, 0.3) is 5.91 Å². The molecule has 1 fully saturated rings. The molecule has 0 radical (unpaired) electrons. The number of hydrogen-bond acceptors (Lipinski definition) is 4. The van der Waals surface area contributed by atoms with E-state index in [1.165, 1.54) is 36.1 Å². The number of thiophene rings is 1. The van der Waals surface area contributed by atoms with Crippen molar-refractivity contribution in [2.45, 2.75) is 63.8 Å². The topological polar surface area (TPSA) is 50.7 Å². The van der Waals surface area contributed by atoms with Crippen molar-refractivity contribution in [2.75, 3.05) is 7.11 Å². The quantitative estimate of drug-likeness (QED) is 0.292. The van der Waals surface area contributed by atoms with Gasteiger partial charge in [-0.2, -0.15) is 0 Å². The minimum absolute atomic E-state index is 0.0673. The summed E-state index contributed by atoms with van der Waals surface area (Å²) in [4.78, 5) is 19.5. The number of amides is 1. The molecule has 0 saturated heterocycles.